The average molecular weight is 462 g/mol. The highest BCUT2D eigenvalue weighted by molar-refractivity contribution is 5.84. The Morgan fingerprint density at radius 3 is 2.45 bits per heavy atom. The summed E-state index contributed by atoms with van der Waals surface area (Å²) in [6.45, 7) is 6.53. The van der Waals surface area contributed by atoms with Gasteiger partial charge in [0.1, 0.15) is 18.0 Å². The Bertz CT molecular complexity index is 1030. The predicted molar refractivity (Wildman–Crippen MR) is 118 cm³/mol. The first-order valence-corrected chi connectivity index (χ1v) is 10.7. The largest absolute Gasteiger partial charge is 0.489 e. The number of hydrogen-bond donors (Lipinski definition) is 0. The number of benzene rings is 2. The zero-order valence-corrected chi connectivity index (χ0v) is 19.5. The van der Waals surface area contributed by atoms with E-state index in [-0.39, 0.29) is 18.7 Å². The number of nitrogens with zero attached hydrogens (tertiary/aromatic N) is 1. The number of alkyl halides is 2. The van der Waals surface area contributed by atoms with E-state index < -0.39 is 29.6 Å². The molecule has 0 aliphatic carbocycles. The first-order valence-electron chi connectivity index (χ1n) is 10.7. The second-order valence-electron chi connectivity index (χ2n) is 9.09. The number of methoxy groups -OCH3 is 1. The van der Waals surface area contributed by atoms with Crippen molar-refractivity contribution in [2.45, 2.75) is 58.3 Å². The molecule has 2 aromatic rings. The molecule has 178 valence electrons. The zero-order valence-electron chi connectivity index (χ0n) is 19.5. The lowest BCUT2D eigenvalue weighted by Crippen LogP contribution is -2.46. The van der Waals surface area contributed by atoms with Gasteiger partial charge in [0.25, 0.3) is 5.92 Å². The Labute approximate surface area is 192 Å². The first-order chi connectivity index (χ1) is 15.4. The van der Waals surface area contributed by atoms with Gasteiger partial charge in [-0.15, -0.1) is 0 Å². The number of esters is 1. The molecule has 0 saturated heterocycles. The smallest absolute Gasteiger partial charge is 0.411 e. The van der Waals surface area contributed by atoms with Crippen LogP contribution in [-0.4, -0.2) is 36.2 Å². The Kier molecular flexibility index (Phi) is 6.95. The molecular formula is C25H29F2NO5. The molecule has 1 aliphatic heterocycles. The van der Waals surface area contributed by atoms with Crippen molar-refractivity contribution in [2.75, 3.05) is 13.7 Å². The normalized spacial score (nSPS) is 16.1. The fraction of sp³-hybridized carbons (Fsp3) is 0.440. The van der Waals surface area contributed by atoms with E-state index in [1.807, 2.05) is 0 Å². The fourth-order valence-electron chi connectivity index (χ4n) is 3.68. The highest BCUT2D eigenvalue weighted by Crippen LogP contribution is 2.34. The summed E-state index contributed by atoms with van der Waals surface area (Å²) in [7, 11) is 1.27. The van der Waals surface area contributed by atoms with Crippen molar-refractivity contribution < 1.29 is 32.6 Å². The average Bonchev–Trinajstić information content (AvgIpc) is 2.74. The summed E-state index contributed by atoms with van der Waals surface area (Å²) in [6, 6.07) is 10.4. The van der Waals surface area contributed by atoms with Gasteiger partial charge in [-0.3, -0.25) is 4.90 Å². The quantitative estimate of drug-likeness (QED) is 0.559. The highest BCUT2D eigenvalue weighted by atomic mass is 19.3. The van der Waals surface area contributed by atoms with Gasteiger partial charge in [0.05, 0.1) is 7.11 Å². The Hall–Kier alpha value is -3.16. The molecule has 0 radical (unpaired) electrons. The number of fused-ring (bicyclic) bond motifs is 1. The van der Waals surface area contributed by atoms with Crippen LogP contribution in [0.25, 0.3) is 0 Å². The van der Waals surface area contributed by atoms with Crippen LogP contribution in [0.3, 0.4) is 0 Å². The van der Waals surface area contributed by atoms with Crippen LogP contribution < -0.4 is 4.74 Å². The lowest BCUT2D eigenvalue weighted by atomic mass is 9.92. The van der Waals surface area contributed by atoms with Crippen LogP contribution in [-0.2, 0) is 33.2 Å². The third-order valence-corrected chi connectivity index (χ3v) is 5.23. The number of ether oxygens (including phenoxy) is 3. The number of rotatable bonds is 5. The van der Waals surface area contributed by atoms with Gasteiger partial charge < -0.3 is 14.2 Å². The van der Waals surface area contributed by atoms with Crippen molar-refractivity contribution >= 4 is 12.1 Å². The van der Waals surface area contributed by atoms with Crippen LogP contribution in [0.1, 0.15) is 56.0 Å². The monoisotopic (exact) mass is 461 g/mol. The molecule has 1 atom stereocenters. The van der Waals surface area contributed by atoms with Gasteiger partial charge in [0, 0.05) is 19.0 Å². The van der Waals surface area contributed by atoms with Gasteiger partial charge in [-0.1, -0.05) is 24.3 Å². The van der Waals surface area contributed by atoms with Crippen LogP contribution in [0, 0.1) is 0 Å². The minimum Gasteiger partial charge on any atom is -0.489 e. The minimum atomic E-state index is -2.93. The van der Waals surface area contributed by atoms with E-state index in [2.05, 4.69) is 0 Å². The second-order valence-corrected chi connectivity index (χ2v) is 9.09. The van der Waals surface area contributed by atoms with E-state index in [1.165, 1.54) is 24.1 Å². The molecular weight excluding hydrogens is 432 g/mol. The number of hydrogen-bond acceptors (Lipinski definition) is 5. The maximum absolute atomic E-state index is 13.6. The van der Waals surface area contributed by atoms with Gasteiger partial charge in [0.15, 0.2) is 6.04 Å². The molecule has 1 aliphatic rings. The lowest BCUT2D eigenvalue weighted by Gasteiger charge is -2.36. The van der Waals surface area contributed by atoms with Crippen LogP contribution >= 0.6 is 0 Å². The second kappa shape index (κ2) is 9.37. The number of amides is 1. The predicted octanol–water partition coefficient (Wildman–Crippen LogP) is 5.38. The molecule has 8 heteroatoms. The van der Waals surface area contributed by atoms with Crippen molar-refractivity contribution in [1.82, 2.24) is 4.90 Å². The molecule has 0 N–H and O–H groups in total. The number of halogens is 2. The van der Waals surface area contributed by atoms with Crippen LogP contribution in [0.4, 0.5) is 13.6 Å². The molecule has 6 nitrogen and oxygen atoms in total. The molecule has 2 aromatic carbocycles. The van der Waals surface area contributed by atoms with Crippen molar-refractivity contribution in [1.29, 1.82) is 0 Å². The molecule has 1 amide bonds. The first kappa shape index (κ1) is 24.5. The van der Waals surface area contributed by atoms with Crippen molar-refractivity contribution in [3.8, 4) is 5.75 Å². The van der Waals surface area contributed by atoms with Crippen LogP contribution in [0.5, 0.6) is 5.75 Å². The van der Waals surface area contributed by atoms with Crippen LogP contribution in [0.2, 0.25) is 0 Å². The SMILES string of the molecule is COC(=O)[C@H]1c2ccc(OCc3cccc(C(C)(F)F)c3)cc2CCN1C(=O)OC(C)(C)C. The van der Waals surface area contributed by atoms with Crippen molar-refractivity contribution in [3.05, 3.63) is 64.7 Å². The Morgan fingerprint density at radius 1 is 1.09 bits per heavy atom. The molecule has 3 rings (SSSR count). The maximum atomic E-state index is 13.6. The van der Waals surface area contributed by atoms with E-state index in [9.17, 15) is 18.4 Å². The molecule has 0 spiro atoms. The molecule has 0 aromatic heterocycles. The van der Waals surface area contributed by atoms with Gasteiger partial charge in [0.2, 0.25) is 0 Å². The molecule has 0 fully saturated rings. The Morgan fingerprint density at radius 2 is 1.82 bits per heavy atom. The number of carbonyl (C=O) groups excluding carboxylic acids is 2. The molecule has 0 saturated carbocycles. The minimum absolute atomic E-state index is 0.0720. The summed E-state index contributed by atoms with van der Waals surface area (Å²) < 4.78 is 43.4. The van der Waals surface area contributed by atoms with Crippen LogP contribution in [0.15, 0.2) is 42.5 Å². The van der Waals surface area contributed by atoms with Gasteiger partial charge >= 0.3 is 12.1 Å². The van der Waals surface area contributed by atoms with E-state index in [0.29, 0.717) is 23.3 Å². The van der Waals surface area contributed by atoms with Crippen molar-refractivity contribution in [3.63, 3.8) is 0 Å². The summed E-state index contributed by atoms with van der Waals surface area (Å²) in [5.41, 5.74) is 1.33. The molecule has 0 bridgehead atoms. The standard InChI is InChI=1S/C25H29F2NO5/c1-24(2,3)33-23(30)28-12-11-17-14-19(9-10-20(17)21(28)22(29)31-5)32-15-16-7-6-8-18(13-16)25(4,26)27/h6-10,13-14,21H,11-12,15H2,1-5H3/t21-/m1/s1. The lowest BCUT2D eigenvalue weighted by molar-refractivity contribution is -0.147. The third-order valence-electron chi connectivity index (χ3n) is 5.23. The number of carbonyl (C=O) groups is 2. The van der Waals surface area contributed by atoms with Crippen molar-refractivity contribution in [2.24, 2.45) is 0 Å². The zero-order chi connectivity index (χ0) is 24.4. The summed E-state index contributed by atoms with van der Waals surface area (Å²) in [5, 5.41) is 0. The van der Waals surface area contributed by atoms with Gasteiger partial charge in [-0.25, -0.2) is 18.4 Å². The molecule has 0 unspecified atom stereocenters. The summed E-state index contributed by atoms with van der Waals surface area (Å²) >= 11 is 0. The van der Waals surface area contributed by atoms with Gasteiger partial charge in [-0.05, 0) is 62.1 Å². The van der Waals surface area contributed by atoms with Gasteiger partial charge in [-0.2, -0.15) is 0 Å². The van der Waals surface area contributed by atoms with E-state index in [4.69, 9.17) is 14.2 Å². The molecule has 33 heavy (non-hydrogen) atoms. The molecule has 1 heterocycles. The summed E-state index contributed by atoms with van der Waals surface area (Å²) in [6.07, 6.45) is -0.0898. The highest BCUT2D eigenvalue weighted by Gasteiger charge is 2.39. The third kappa shape index (κ3) is 6.00. The van der Waals surface area contributed by atoms with E-state index in [0.717, 1.165) is 12.5 Å². The Balaban J connectivity index is 1.80. The maximum Gasteiger partial charge on any atom is 0.411 e. The van der Waals surface area contributed by atoms with E-state index >= 15 is 0 Å². The van der Waals surface area contributed by atoms with E-state index in [1.54, 1.807) is 51.1 Å². The summed E-state index contributed by atoms with van der Waals surface area (Å²) in [5.74, 6) is -2.95. The fourth-order valence-corrected chi connectivity index (χ4v) is 3.68. The topological polar surface area (TPSA) is 65.1 Å². The summed E-state index contributed by atoms with van der Waals surface area (Å²) in [4.78, 5) is 26.6.